The van der Waals surface area contributed by atoms with Gasteiger partial charge in [-0.15, -0.1) is 0 Å². The van der Waals surface area contributed by atoms with Crippen LogP contribution in [0.25, 0.3) is 0 Å². The van der Waals surface area contributed by atoms with Gasteiger partial charge in [0.05, 0.1) is 5.56 Å². The molecule has 7 heteroatoms. The van der Waals surface area contributed by atoms with Crippen LogP contribution in [-0.2, 0) is 6.18 Å². The Morgan fingerprint density at radius 1 is 1.00 bits per heavy atom. The van der Waals surface area contributed by atoms with Crippen LogP contribution in [0.3, 0.4) is 0 Å². The number of alkyl halides is 3. The fourth-order valence-corrected chi connectivity index (χ4v) is 2.31. The maximum absolute atomic E-state index is 13.6. The Morgan fingerprint density at radius 3 is 2.29 bits per heavy atom. The van der Waals surface area contributed by atoms with Gasteiger partial charge in [0.25, 0.3) is 0 Å². The molecule has 0 spiro atoms. The standard InChI is InChI=1S/C14H8BrF5O/c15-11-3-1-7(5-10(11)14(18,19)20)13(21)9-6-8(16)2-4-12(9)17/h1-6,13,21H. The van der Waals surface area contributed by atoms with E-state index >= 15 is 0 Å². The monoisotopic (exact) mass is 366 g/mol. The number of hydrogen-bond donors (Lipinski definition) is 1. The summed E-state index contributed by atoms with van der Waals surface area (Å²) in [6.45, 7) is 0. The van der Waals surface area contributed by atoms with Gasteiger partial charge in [0.15, 0.2) is 0 Å². The Labute approximate surface area is 125 Å². The van der Waals surface area contributed by atoms with Crippen molar-refractivity contribution in [2.75, 3.05) is 0 Å². The van der Waals surface area contributed by atoms with Crippen molar-refractivity contribution >= 4 is 15.9 Å². The Morgan fingerprint density at radius 2 is 1.67 bits per heavy atom. The third-order valence-corrected chi connectivity index (χ3v) is 3.56. The summed E-state index contributed by atoms with van der Waals surface area (Å²) in [4.78, 5) is 0. The van der Waals surface area contributed by atoms with Crippen LogP contribution in [-0.4, -0.2) is 5.11 Å². The Kier molecular flexibility index (Phi) is 4.34. The molecule has 0 amide bonds. The first-order valence-corrected chi connectivity index (χ1v) is 6.49. The van der Waals surface area contributed by atoms with Gasteiger partial charge in [-0.05, 0) is 35.9 Å². The van der Waals surface area contributed by atoms with Crippen LogP contribution < -0.4 is 0 Å². The van der Waals surface area contributed by atoms with Gasteiger partial charge in [0.2, 0.25) is 0 Å². The summed E-state index contributed by atoms with van der Waals surface area (Å²) in [6.07, 6.45) is -6.33. The first-order chi connectivity index (χ1) is 9.70. The van der Waals surface area contributed by atoms with Crippen molar-refractivity contribution in [2.24, 2.45) is 0 Å². The topological polar surface area (TPSA) is 20.2 Å². The molecule has 0 aromatic heterocycles. The summed E-state index contributed by atoms with van der Waals surface area (Å²) in [7, 11) is 0. The second-order valence-electron chi connectivity index (χ2n) is 4.31. The van der Waals surface area contributed by atoms with Crippen LogP contribution in [0, 0.1) is 11.6 Å². The molecule has 1 N–H and O–H groups in total. The smallest absolute Gasteiger partial charge is 0.384 e. The number of aliphatic hydroxyl groups excluding tert-OH is 1. The molecule has 1 atom stereocenters. The van der Waals surface area contributed by atoms with Crippen LogP contribution in [0.2, 0.25) is 0 Å². The third kappa shape index (κ3) is 3.41. The van der Waals surface area contributed by atoms with Crippen molar-refractivity contribution in [3.05, 3.63) is 69.2 Å². The molecule has 2 rings (SSSR count). The average Bonchev–Trinajstić information content (AvgIpc) is 2.40. The fraction of sp³-hybridized carbons (Fsp3) is 0.143. The molecule has 2 aromatic carbocycles. The van der Waals surface area contributed by atoms with Crippen molar-refractivity contribution in [1.82, 2.24) is 0 Å². The van der Waals surface area contributed by atoms with E-state index in [1.807, 2.05) is 0 Å². The van der Waals surface area contributed by atoms with Crippen LogP contribution in [0.1, 0.15) is 22.8 Å². The molecule has 0 aliphatic carbocycles. The lowest BCUT2D eigenvalue weighted by Crippen LogP contribution is -2.09. The van der Waals surface area contributed by atoms with Crippen LogP contribution in [0.5, 0.6) is 0 Å². The lowest BCUT2D eigenvalue weighted by molar-refractivity contribution is -0.138. The maximum atomic E-state index is 13.6. The largest absolute Gasteiger partial charge is 0.417 e. The quantitative estimate of drug-likeness (QED) is 0.755. The predicted octanol–water partition coefficient (Wildman–Crippen LogP) is 4.83. The van der Waals surface area contributed by atoms with Gasteiger partial charge in [0.1, 0.15) is 17.7 Å². The molecule has 0 saturated carbocycles. The minimum Gasteiger partial charge on any atom is -0.384 e. The summed E-state index contributed by atoms with van der Waals surface area (Å²) in [5, 5.41) is 9.99. The maximum Gasteiger partial charge on any atom is 0.417 e. The molecule has 0 saturated heterocycles. The molecule has 0 bridgehead atoms. The Bertz CT molecular complexity index is 669. The van der Waals surface area contributed by atoms with Gasteiger partial charge < -0.3 is 5.11 Å². The number of rotatable bonds is 2. The molecule has 2 aromatic rings. The number of hydrogen-bond acceptors (Lipinski definition) is 1. The van der Waals surface area contributed by atoms with Crippen molar-refractivity contribution in [2.45, 2.75) is 12.3 Å². The van der Waals surface area contributed by atoms with Crippen molar-refractivity contribution in [3.8, 4) is 0 Å². The van der Waals surface area contributed by atoms with E-state index in [0.29, 0.717) is 6.07 Å². The first kappa shape index (κ1) is 15.9. The normalized spacial score (nSPS) is 13.3. The summed E-state index contributed by atoms with van der Waals surface area (Å²) in [5.41, 5.74) is -1.61. The SMILES string of the molecule is OC(c1ccc(Br)c(C(F)(F)F)c1)c1cc(F)ccc1F. The highest BCUT2D eigenvalue weighted by atomic mass is 79.9. The second kappa shape index (κ2) is 5.73. The van der Waals surface area contributed by atoms with Crippen molar-refractivity contribution < 1.29 is 27.1 Å². The average molecular weight is 367 g/mol. The second-order valence-corrected chi connectivity index (χ2v) is 5.16. The number of benzene rings is 2. The van der Waals surface area contributed by atoms with Crippen LogP contribution >= 0.6 is 15.9 Å². The van der Waals surface area contributed by atoms with E-state index in [9.17, 15) is 27.1 Å². The lowest BCUT2D eigenvalue weighted by atomic mass is 9.99. The first-order valence-electron chi connectivity index (χ1n) is 5.70. The van der Waals surface area contributed by atoms with E-state index < -0.39 is 35.0 Å². The van der Waals surface area contributed by atoms with Gasteiger partial charge in [-0.3, -0.25) is 0 Å². The molecule has 112 valence electrons. The van der Waals surface area contributed by atoms with E-state index in [2.05, 4.69) is 15.9 Å². The van der Waals surface area contributed by atoms with Gasteiger partial charge >= 0.3 is 6.18 Å². The minimum absolute atomic E-state index is 0.185. The molecule has 0 heterocycles. The predicted molar refractivity (Wildman–Crippen MR) is 69.6 cm³/mol. The highest BCUT2D eigenvalue weighted by molar-refractivity contribution is 9.10. The lowest BCUT2D eigenvalue weighted by Gasteiger charge is -2.16. The zero-order valence-electron chi connectivity index (χ0n) is 10.3. The highest BCUT2D eigenvalue weighted by Crippen LogP contribution is 2.37. The molecule has 0 aliphatic heterocycles. The van der Waals surface area contributed by atoms with Crippen molar-refractivity contribution in [1.29, 1.82) is 0 Å². The van der Waals surface area contributed by atoms with Gasteiger partial charge in [-0.2, -0.15) is 13.2 Å². The summed E-state index contributed by atoms with van der Waals surface area (Å²) >= 11 is 2.76. The molecular formula is C14H8BrF5O. The van der Waals surface area contributed by atoms with E-state index in [-0.39, 0.29) is 10.0 Å². The van der Waals surface area contributed by atoms with Crippen LogP contribution in [0.4, 0.5) is 22.0 Å². The molecule has 0 radical (unpaired) electrons. The third-order valence-electron chi connectivity index (χ3n) is 2.86. The zero-order valence-corrected chi connectivity index (χ0v) is 11.8. The minimum atomic E-state index is -4.63. The molecular weight excluding hydrogens is 359 g/mol. The van der Waals surface area contributed by atoms with E-state index in [1.54, 1.807) is 0 Å². The van der Waals surface area contributed by atoms with E-state index in [1.165, 1.54) is 6.07 Å². The Hall–Kier alpha value is -1.47. The molecule has 1 unspecified atom stereocenters. The zero-order chi connectivity index (χ0) is 15.8. The molecule has 1 nitrogen and oxygen atoms in total. The van der Waals surface area contributed by atoms with E-state index in [0.717, 1.165) is 24.3 Å². The Balaban J connectivity index is 2.49. The highest BCUT2D eigenvalue weighted by Gasteiger charge is 2.33. The molecule has 0 fully saturated rings. The van der Waals surface area contributed by atoms with Crippen LogP contribution in [0.15, 0.2) is 40.9 Å². The molecule has 21 heavy (non-hydrogen) atoms. The fourth-order valence-electron chi connectivity index (χ4n) is 1.83. The summed E-state index contributed by atoms with van der Waals surface area (Å²) < 4.78 is 64.8. The van der Waals surface area contributed by atoms with Gasteiger partial charge in [-0.25, -0.2) is 8.78 Å². The summed E-state index contributed by atoms with van der Waals surface area (Å²) in [5.74, 6) is -1.70. The molecule has 0 aliphatic rings. The number of halogens is 6. The van der Waals surface area contributed by atoms with E-state index in [4.69, 9.17) is 0 Å². The van der Waals surface area contributed by atoms with Crippen molar-refractivity contribution in [3.63, 3.8) is 0 Å². The van der Waals surface area contributed by atoms with Gasteiger partial charge in [-0.1, -0.05) is 22.0 Å². The number of aliphatic hydroxyl groups is 1. The van der Waals surface area contributed by atoms with Gasteiger partial charge in [0, 0.05) is 10.0 Å². The summed E-state index contributed by atoms with van der Waals surface area (Å²) in [6, 6.07) is 5.40.